The molecule has 2 aromatic heterocycles. The molecule has 2 atom stereocenters. The predicted molar refractivity (Wildman–Crippen MR) is 67.7 cm³/mol. The van der Waals surface area contributed by atoms with Gasteiger partial charge in [-0.2, -0.15) is 0 Å². The number of nitrogens with two attached hydrogens (primary N) is 1. The van der Waals surface area contributed by atoms with E-state index < -0.39 is 0 Å². The summed E-state index contributed by atoms with van der Waals surface area (Å²) < 4.78 is 2.15. The fourth-order valence-electron chi connectivity index (χ4n) is 1.81. The molecule has 16 heavy (non-hydrogen) atoms. The van der Waals surface area contributed by atoms with Crippen molar-refractivity contribution in [2.45, 2.75) is 32.9 Å². The molecule has 4 heteroatoms. The quantitative estimate of drug-likeness (QED) is 0.889. The Kier molecular flexibility index (Phi) is 3.12. The lowest BCUT2D eigenvalue weighted by Gasteiger charge is -2.17. The highest BCUT2D eigenvalue weighted by atomic mass is 32.1. The number of hydrogen-bond donors (Lipinski definition) is 1. The normalized spacial score (nSPS) is 15.0. The van der Waals surface area contributed by atoms with E-state index in [4.69, 9.17) is 5.73 Å². The van der Waals surface area contributed by atoms with E-state index in [0.717, 1.165) is 5.69 Å². The number of rotatable bonds is 3. The maximum Gasteiger partial charge on any atom is 0.0954 e. The summed E-state index contributed by atoms with van der Waals surface area (Å²) in [6.45, 7) is 6.29. The maximum absolute atomic E-state index is 5.92. The van der Waals surface area contributed by atoms with E-state index >= 15 is 0 Å². The van der Waals surface area contributed by atoms with Crippen LogP contribution in [0.15, 0.2) is 24.7 Å². The van der Waals surface area contributed by atoms with Gasteiger partial charge in [0.2, 0.25) is 0 Å². The summed E-state index contributed by atoms with van der Waals surface area (Å²) in [6, 6.07) is 4.66. The van der Waals surface area contributed by atoms with E-state index in [1.807, 2.05) is 30.8 Å². The number of aryl methyl sites for hydroxylation is 1. The van der Waals surface area contributed by atoms with Crippen LogP contribution >= 0.6 is 11.3 Å². The van der Waals surface area contributed by atoms with Crippen molar-refractivity contribution in [2.75, 3.05) is 0 Å². The summed E-state index contributed by atoms with van der Waals surface area (Å²) in [4.78, 5) is 6.87. The molecule has 86 valence electrons. The molecule has 0 amide bonds. The molecule has 0 aliphatic heterocycles. The van der Waals surface area contributed by atoms with Crippen LogP contribution in [0, 0.1) is 6.92 Å². The Morgan fingerprint density at radius 3 is 2.69 bits per heavy atom. The van der Waals surface area contributed by atoms with Gasteiger partial charge in [-0.05, 0) is 32.9 Å². The van der Waals surface area contributed by atoms with E-state index in [-0.39, 0.29) is 6.04 Å². The predicted octanol–water partition coefficient (Wildman–Crippen LogP) is 2.88. The molecule has 0 saturated carbocycles. The second kappa shape index (κ2) is 4.39. The Labute approximate surface area is 99.9 Å². The zero-order valence-electron chi connectivity index (χ0n) is 9.84. The molecular formula is C12H17N3S. The van der Waals surface area contributed by atoms with E-state index in [1.54, 1.807) is 0 Å². The topological polar surface area (TPSA) is 43.8 Å². The van der Waals surface area contributed by atoms with E-state index in [2.05, 4.69) is 35.5 Å². The van der Waals surface area contributed by atoms with Gasteiger partial charge < -0.3 is 10.3 Å². The summed E-state index contributed by atoms with van der Waals surface area (Å²) in [7, 11) is 0. The molecule has 0 saturated heterocycles. The lowest BCUT2D eigenvalue weighted by atomic mass is 10.2. The highest BCUT2D eigenvalue weighted by Gasteiger charge is 2.14. The maximum atomic E-state index is 5.92. The number of thiophene rings is 1. The fraction of sp³-hybridized carbons (Fsp3) is 0.417. The molecule has 0 fully saturated rings. The van der Waals surface area contributed by atoms with Crippen LogP contribution in [-0.4, -0.2) is 9.55 Å². The van der Waals surface area contributed by atoms with Crippen molar-refractivity contribution in [3.63, 3.8) is 0 Å². The summed E-state index contributed by atoms with van der Waals surface area (Å²) in [5.74, 6) is 0. The Morgan fingerprint density at radius 1 is 1.38 bits per heavy atom. The Morgan fingerprint density at radius 2 is 2.12 bits per heavy atom. The van der Waals surface area contributed by atoms with Gasteiger partial charge >= 0.3 is 0 Å². The molecule has 0 aliphatic rings. The Hall–Kier alpha value is -1.13. The van der Waals surface area contributed by atoms with Crippen molar-refractivity contribution in [1.82, 2.24) is 9.55 Å². The third-order valence-electron chi connectivity index (χ3n) is 2.75. The standard InChI is InChI=1S/C12H17N3S/c1-8-4-5-12(16-8)10(3)15-7-14-6-11(15)9(2)13/h4-7,9-10H,13H2,1-3H3/t9-,10?/m0/s1. The molecule has 1 unspecified atom stereocenters. The van der Waals surface area contributed by atoms with Crippen LogP contribution in [0.25, 0.3) is 0 Å². The van der Waals surface area contributed by atoms with Crippen molar-refractivity contribution < 1.29 is 0 Å². The minimum absolute atomic E-state index is 0.0195. The molecule has 0 spiro atoms. The Bertz CT molecular complexity index is 470. The van der Waals surface area contributed by atoms with Crippen molar-refractivity contribution in [3.05, 3.63) is 40.1 Å². The van der Waals surface area contributed by atoms with Gasteiger partial charge in [0.25, 0.3) is 0 Å². The van der Waals surface area contributed by atoms with Crippen molar-refractivity contribution in [3.8, 4) is 0 Å². The van der Waals surface area contributed by atoms with Crippen LogP contribution in [0.4, 0.5) is 0 Å². The summed E-state index contributed by atoms with van der Waals surface area (Å²) in [5, 5.41) is 0. The summed E-state index contributed by atoms with van der Waals surface area (Å²) in [5.41, 5.74) is 7.00. The average Bonchev–Trinajstić information content (AvgIpc) is 2.84. The van der Waals surface area contributed by atoms with Gasteiger partial charge in [0.15, 0.2) is 0 Å². The highest BCUT2D eigenvalue weighted by molar-refractivity contribution is 7.12. The van der Waals surface area contributed by atoms with Crippen LogP contribution in [-0.2, 0) is 0 Å². The van der Waals surface area contributed by atoms with Crippen LogP contribution in [0.1, 0.15) is 41.4 Å². The largest absolute Gasteiger partial charge is 0.325 e. The zero-order valence-corrected chi connectivity index (χ0v) is 10.7. The minimum Gasteiger partial charge on any atom is -0.325 e. The van der Waals surface area contributed by atoms with Gasteiger partial charge in [0, 0.05) is 22.0 Å². The second-order valence-corrected chi connectivity index (χ2v) is 5.46. The third kappa shape index (κ3) is 2.03. The molecule has 2 aromatic rings. The van der Waals surface area contributed by atoms with Gasteiger partial charge in [0.05, 0.1) is 18.1 Å². The van der Waals surface area contributed by atoms with E-state index in [9.17, 15) is 0 Å². The average molecular weight is 235 g/mol. The second-order valence-electron chi connectivity index (χ2n) is 4.14. The van der Waals surface area contributed by atoms with Gasteiger partial charge in [-0.1, -0.05) is 0 Å². The molecule has 2 heterocycles. The first-order valence-electron chi connectivity index (χ1n) is 5.43. The summed E-state index contributed by atoms with van der Waals surface area (Å²) >= 11 is 1.83. The van der Waals surface area contributed by atoms with Crippen LogP contribution in [0.2, 0.25) is 0 Å². The van der Waals surface area contributed by atoms with E-state index in [1.165, 1.54) is 9.75 Å². The smallest absolute Gasteiger partial charge is 0.0954 e. The van der Waals surface area contributed by atoms with Gasteiger partial charge in [-0.15, -0.1) is 11.3 Å². The Balaban J connectivity index is 2.33. The van der Waals surface area contributed by atoms with Crippen LogP contribution < -0.4 is 5.73 Å². The third-order valence-corrected chi connectivity index (χ3v) is 3.92. The van der Waals surface area contributed by atoms with Gasteiger partial charge in [0.1, 0.15) is 0 Å². The molecular weight excluding hydrogens is 218 g/mol. The number of aromatic nitrogens is 2. The van der Waals surface area contributed by atoms with E-state index in [0.29, 0.717) is 6.04 Å². The van der Waals surface area contributed by atoms with Gasteiger partial charge in [-0.3, -0.25) is 0 Å². The fourth-order valence-corrected chi connectivity index (χ4v) is 2.73. The first-order valence-corrected chi connectivity index (χ1v) is 6.25. The van der Waals surface area contributed by atoms with Gasteiger partial charge in [-0.25, -0.2) is 4.98 Å². The molecule has 2 N–H and O–H groups in total. The lowest BCUT2D eigenvalue weighted by Crippen LogP contribution is -2.14. The number of imidazole rings is 1. The molecule has 0 aliphatic carbocycles. The SMILES string of the molecule is Cc1ccc(C(C)n2cncc2[C@H](C)N)s1. The summed E-state index contributed by atoms with van der Waals surface area (Å²) in [6.07, 6.45) is 3.71. The van der Waals surface area contributed by atoms with Crippen molar-refractivity contribution >= 4 is 11.3 Å². The molecule has 0 bridgehead atoms. The number of hydrogen-bond acceptors (Lipinski definition) is 3. The molecule has 0 radical (unpaired) electrons. The van der Waals surface area contributed by atoms with Crippen molar-refractivity contribution in [1.29, 1.82) is 0 Å². The van der Waals surface area contributed by atoms with Crippen molar-refractivity contribution in [2.24, 2.45) is 5.73 Å². The van der Waals surface area contributed by atoms with Crippen LogP contribution in [0.3, 0.4) is 0 Å². The van der Waals surface area contributed by atoms with Crippen LogP contribution in [0.5, 0.6) is 0 Å². The zero-order chi connectivity index (χ0) is 11.7. The minimum atomic E-state index is 0.0195. The highest BCUT2D eigenvalue weighted by Crippen LogP contribution is 2.27. The number of nitrogens with zero attached hydrogens (tertiary/aromatic N) is 2. The first kappa shape index (κ1) is 11.4. The monoisotopic (exact) mass is 235 g/mol. The molecule has 0 aromatic carbocycles. The first-order chi connectivity index (χ1) is 7.59. The lowest BCUT2D eigenvalue weighted by molar-refractivity contribution is 0.589. The molecule has 2 rings (SSSR count). The molecule has 3 nitrogen and oxygen atoms in total.